The van der Waals surface area contributed by atoms with Crippen molar-refractivity contribution in [3.8, 4) is 0 Å². The molecule has 1 aliphatic rings. The van der Waals surface area contributed by atoms with Crippen molar-refractivity contribution in [1.82, 2.24) is 34.2 Å². The number of fused-ring (bicyclic) bond motifs is 2. The number of benzene rings is 1. The molecular formula is C24H27ClN8O. The van der Waals surface area contributed by atoms with E-state index in [0.717, 1.165) is 42.4 Å². The van der Waals surface area contributed by atoms with Gasteiger partial charge in [0.05, 0.1) is 24.0 Å². The van der Waals surface area contributed by atoms with E-state index in [2.05, 4.69) is 25.7 Å². The maximum absolute atomic E-state index is 13.6. The van der Waals surface area contributed by atoms with Crippen molar-refractivity contribution in [2.75, 3.05) is 18.5 Å². The Balaban J connectivity index is 1.50. The minimum atomic E-state index is -0.186. The highest BCUT2D eigenvalue weighted by Gasteiger charge is 2.25. The van der Waals surface area contributed by atoms with Gasteiger partial charge < -0.3 is 14.4 Å². The number of nitrogens with zero attached hydrogens (tertiary/aromatic N) is 8. The third-order valence-electron chi connectivity index (χ3n) is 6.31. The van der Waals surface area contributed by atoms with Gasteiger partial charge in [0.2, 0.25) is 5.95 Å². The molecule has 1 aromatic carbocycles. The summed E-state index contributed by atoms with van der Waals surface area (Å²) < 4.78 is 4.08. The van der Waals surface area contributed by atoms with E-state index in [4.69, 9.17) is 21.6 Å². The molecule has 0 atom stereocenters. The van der Waals surface area contributed by atoms with Gasteiger partial charge in [-0.2, -0.15) is 5.10 Å². The van der Waals surface area contributed by atoms with Gasteiger partial charge in [-0.25, -0.2) is 15.0 Å². The van der Waals surface area contributed by atoms with E-state index < -0.39 is 0 Å². The van der Waals surface area contributed by atoms with E-state index in [9.17, 15) is 4.79 Å². The maximum Gasteiger partial charge on any atom is 0.273 e. The number of carbonyl (C=O) groups excluding carboxylic acids is 1. The predicted octanol–water partition coefficient (Wildman–Crippen LogP) is 3.61. The number of anilines is 1. The van der Waals surface area contributed by atoms with Crippen LogP contribution in [0.3, 0.4) is 0 Å². The van der Waals surface area contributed by atoms with Crippen LogP contribution < -0.4 is 4.90 Å². The van der Waals surface area contributed by atoms with E-state index in [1.165, 1.54) is 0 Å². The Hall–Kier alpha value is -3.46. The molecule has 0 fully saturated rings. The molecule has 3 aromatic heterocycles. The standard InChI is InChI=1S/C24H27ClN8O/c1-5-33-16(3)17(11-26-33)13-30(4)23(34)22-19-10-18(25)6-7-20(19)28-24(29-22)32-9-8-31-12-15(2)27-21(31)14-32/h6-7,10-12H,5,8-9,13-14H2,1-4H3. The van der Waals surface area contributed by atoms with Crippen molar-refractivity contribution in [1.29, 1.82) is 0 Å². The Morgan fingerprint density at radius 1 is 1.18 bits per heavy atom. The number of rotatable bonds is 5. The zero-order valence-corrected chi connectivity index (χ0v) is 20.5. The summed E-state index contributed by atoms with van der Waals surface area (Å²) in [7, 11) is 1.78. The predicted molar refractivity (Wildman–Crippen MR) is 131 cm³/mol. The molecule has 0 spiro atoms. The largest absolute Gasteiger partial charge is 0.336 e. The first-order chi connectivity index (χ1) is 16.3. The molecule has 4 aromatic rings. The third kappa shape index (κ3) is 4.00. The molecule has 0 saturated carbocycles. The van der Waals surface area contributed by atoms with Crippen LogP contribution in [0.15, 0.2) is 30.6 Å². The van der Waals surface area contributed by atoms with Crippen LogP contribution in [-0.4, -0.2) is 53.7 Å². The highest BCUT2D eigenvalue weighted by atomic mass is 35.5. The smallest absolute Gasteiger partial charge is 0.273 e. The maximum atomic E-state index is 13.6. The van der Waals surface area contributed by atoms with Gasteiger partial charge in [-0.1, -0.05) is 11.6 Å². The first-order valence-corrected chi connectivity index (χ1v) is 11.7. The number of imidazole rings is 1. The van der Waals surface area contributed by atoms with Crippen LogP contribution in [0.5, 0.6) is 0 Å². The molecular weight excluding hydrogens is 452 g/mol. The summed E-state index contributed by atoms with van der Waals surface area (Å²) in [5.74, 6) is 1.30. The van der Waals surface area contributed by atoms with Gasteiger partial charge in [0, 0.05) is 61.1 Å². The molecule has 1 aliphatic heterocycles. The topological polar surface area (TPSA) is 85.0 Å². The van der Waals surface area contributed by atoms with E-state index in [0.29, 0.717) is 40.7 Å². The first kappa shape index (κ1) is 22.3. The number of halogens is 1. The monoisotopic (exact) mass is 478 g/mol. The van der Waals surface area contributed by atoms with Crippen molar-refractivity contribution >= 4 is 34.4 Å². The van der Waals surface area contributed by atoms with Gasteiger partial charge in [-0.05, 0) is 39.0 Å². The van der Waals surface area contributed by atoms with Gasteiger partial charge >= 0.3 is 0 Å². The SMILES string of the molecule is CCn1ncc(CN(C)C(=O)c2nc(N3CCn4cc(C)nc4C3)nc3ccc(Cl)cc23)c1C. The van der Waals surface area contributed by atoms with Crippen molar-refractivity contribution in [2.45, 2.75) is 47.0 Å². The minimum Gasteiger partial charge on any atom is -0.336 e. The molecule has 4 heterocycles. The Bertz CT molecular complexity index is 1390. The van der Waals surface area contributed by atoms with Gasteiger partial charge in [-0.15, -0.1) is 0 Å². The number of hydrogen-bond donors (Lipinski definition) is 0. The molecule has 0 bridgehead atoms. The molecule has 0 unspecified atom stereocenters. The lowest BCUT2D eigenvalue weighted by molar-refractivity contribution is 0.0781. The van der Waals surface area contributed by atoms with Crippen LogP contribution in [0.2, 0.25) is 5.02 Å². The molecule has 1 amide bonds. The summed E-state index contributed by atoms with van der Waals surface area (Å²) in [6.07, 6.45) is 3.88. The molecule has 10 heteroatoms. The average Bonchev–Trinajstić information content (AvgIpc) is 3.38. The average molecular weight is 479 g/mol. The molecule has 34 heavy (non-hydrogen) atoms. The molecule has 0 N–H and O–H groups in total. The van der Waals surface area contributed by atoms with E-state index >= 15 is 0 Å². The summed E-state index contributed by atoms with van der Waals surface area (Å²) in [4.78, 5) is 31.5. The van der Waals surface area contributed by atoms with Gasteiger partial charge in [0.1, 0.15) is 11.5 Å². The number of hydrogen-bond acceptors (Lipinski definition) is 6. The van der Waals surface area contributed by atoms with Crippen LogP contribution in [0.4, 0.5) is 5.95 Å². The van der Waals surface area contributed by atoms with Crippen LogP contribution in [-0.2, 0) is 26.2 Å². The second-order valence-electron chi connectivity index (χ2n) is 8.68. The van der Waals surface area contributed by atoms with E-state index in [-0.39, 0.29) is 5.91 Å². The van der Waals surface area contributed by atoms with Gasteiger partial charge in [0.15, 0.2) is 0 Å². The van der Waals surface area contributed by atoms with Crippen molar-refractivity contribution in [3.05, 3.63) is 64.1 Å². The van der Waals surface area contributed by atoms with Crippen LogP contribution in [0.25, 0.3) is 10.9 Å². The summed E-state index contributed by atoms with van der Waals surface area (Å²) in [5.41, 5.74) is 4.08. The number of amides is 1. The van der Waals surface area contributed by atoms with E-state index in [1.807, 2.05) is 37.7 Å². The first-order valence-electron chi connectivity index (χ1n) is 11.4. The molecule has 0 radical (unpaired) electrons. The van der Waals surface area contributed by atoms with E-state index in [1.54, 1.807) is 24.1 Å². The Morgan fingerprint density at radius 2 is 2.00 bits per heavy atom. The fraction of sp³-hybridized carbons (Fsp3) is 0.375. The normalized spacial score (nSPS) is 13.4. The summed E-state index contributed by atoms with van der Waals surface area (Å²) in [6.45, 7) is 9.40. The highest BCUT2D eigenvalue weighted by Crippen LogP contribution is 2.26. The van der Waals surface area contributed by atoms with Gasteiger partial charge in [0.25, 0.3) is 5.91 Å². The summed E-state index contributed by atoms with van der Waals surface area (Å²) in [6, 6.07) is 5.38. The Labute approximate surface area is 203 Å². The Morgan fingerprint density at radius 3 is 2.76 bits per heavy atom. The number of aryl methyl sites for hydroxylation is 2. The van der Waals surface area contributed by atoms with Gasteiger partial charge in [-0.3, -0.25) is 9.48 Å². The number of aromatic nitrogens is 6. The summed E-state index contributed by atoms with van der Waals surface area (Å²) >= 11 is 6.28. The lowest BCUT2D eigenvalue weighted by Gasteiger charge is -2.28. The zero-order chi connectivity index (χ0) is 24.0. The van der Waals surface area contributed by atoms with Crippen LogP contribution >= 0.6 is 11.6 Å². The Kier molecular flexibility index (Phi) is 5.73. The van der Waals surface area contributed by atoms with Crippen molar-refractivity contribution in [2.24, 2.45) is 0 Å². The van der Waals surface area contributed by atoms with Crippen molar-refractivity contribution < 1.29 is 4.79 Å². The lowest BCUT2D eigenvalue weighted by atomic mass is 10.1. The van der Waals surface area contributed by atoms with Crippen molar-refractivity contribution in [3.63, 3.8) is 0 Å². The van der Waals surface area contributed by atoms with Crippen LogP contribution in [0.1, 0.15) is 40.2 Å². The zero-order valence-electron chi connectivity index (χ0n) is 19.8. The molecule has 9 nitrogen and oxygen atoms in total. The quantitative estimate of drug-likeness (QED) is 0.435. The lowest BCUT2D eigenvalue weighted by Crippen LogP contribution is -2.35. The second kappa shape index (κ2) is 8.72. The number of carbonyl (C=O) groups is 1. The van der Waals surface area contributed by atoms with Crippen LogP contribution in [0, 0.1) is 13.8 Å². The molecule has 0 aliphatic carbocycles. The highest BCUT2D eigenvalue weighted by molar-refractivity contribution is 6.31. The fourth-order valence-corrected chi connectivity index (χ4v) is 4.60. The minimum absolute atomic E-state index is 0.186. The molecule has 176 valence electrons. The molecule has 5 rings (SSSR count). The summed E-state index contributed by atoms with van der Waals surface area (Å²) in [5, 5.41) is 5.58. The molecule has 0 saturated heterocycles. The second-order valence-corrected chi connectivity index (χ2v) is 9.12. The fourth-order valence-electron chi connectivity index (χ4n) is 4.43. The third-order valence-corrected chi connectivity index (χ3v) is 6.55.